The fourth-order valence-electron chi connectivity index (χ4n) is 1.80. The fourth-order valence-corrected chi connectivity index (χ4v) is 2.68. The minimum Gasteiger partial charge on any atom is -0.381 e. The zero-order chi connectivity index (χ0) is 11.9. The largest absolute Gasteiger partial charge is 0.381 e. The summed E-state index contributed by atoms with van der Waals surface area (Å²) in [5.74, 6) is 1.27. The van der Waals surface area contributed by atoms with Gasteiger partial charge in [-0.1, -0.05) is 6.92 Å². The molecule has 16 heavy (non-hydrogen) atoms. The van der Waals surface area contributed by atoms with Crippen molar-refractivity contribution in [3.05, 3.63) is 0 Å². The monoisotopic (exact) mass is 249 g/mol. The van der Waals surface area contributed by atoms with Crippen molar-refractivity contribution in [2.75, 3.05) is 37.8 Å². The lowest BCUT2D eigenvalue weighted by molar-refractivity contribution is 0.184. The minimum atomic E-state index is -2.78. The Balaban J connectivity index is 1.92. The quantitative estimate of drug-likeness (QED) is 0.647. The molecule has 0 aromatic rings. The Labute approximate surface area is 98.7 Å². The van der Waals surface area contributed by atoms with Crippen molar-refractivity contribution < 1.29 is 13.2 Å². The highest BCUT2D eigenvalue weighted by molar-refractivity contribution is 7.91. The Morgan fingerprint density at radius 2 is 2.19 bits per heavy atom. The van der Waals surface area contributed by atoms with E-state index in [1.807, 2.05) is 0 Å². The van der Waals surface area contributed by atoms with E-state index in [2.05, 4.69) is 5.32 Å². The lowest BCUT2D eigenvalue weighted by Gasteiger charge is -2.08. The van der Waals surface area contributed by atoms with Gasteiger partial charge >= 0.3 is 0 Å². The molecule has 1 N–H and O–H groups in total. The first kappa shape index (κ1) is 13.9. The molecule has 1 aliphatic heterocycles. The van der Waals surface area contributed by atoms with Crippen LogP contribution in [0.4, 0.5) is 0 Å². The van der Waals surface area contributed by atoms with Crippen LogP contribution in [0.25, 0.3) is 0 Å². The third-order valence-electron chi connectivity index (χ3n) is 3.00. The minimum absolute atomic E-state index is 0.256. The van der Waals surface area contributed by atoms with Crippen molar-refractivity contribution >= 4 is 9.84 Å². The molecule has 1 rings (SSSR count). The topological polar surface area (TPSA) is 55.4 Å². The van der Waals surface area contributed by atoms with Crippen LogP contribution in [0, 0.1) is 5.92 Å². The van der Waals surface area contributed by atoms with E-state index in [1.165, 1.54) is 6.42 Å². The second kappa shape index (κ2) is 7.25. The van der Waals surface area contributed by atoms with Crippen molar-refractivity contribution in [3.8, 4) is 0 Å². The highest BCUT2D eigenvalue weighted by atomic mass is 32.2. The average Bonchev–Trinajstić information content (AvgIpc) is 2.76. The number of hydrogen-bond donors (Lipinski definition) is 1. The van der Waals surface area contributed by atoms with Crippen LogP contribution in [0.2, 0.25) is 0 Å². The molecular formula is C11H23NO3S. The van der Waals surface area contributed by atoms with Crippen LogP contribution in [0.5, 0.6) is 0 Å². The van der Waals surface area contributed by atoms with Crippen molar-refractivity contribution in [1.29, 1.82) is 0 Å². The van der Waals surface area contributed by atoms with Crippen molar-refractivity contribution in [2.24, 2.45) is 5.92 Å². The fraction of sp³-hybridized carbons (Fsp3) is 1.00. The molecule has 1 saturated heterocycles. The Morgan fingerprint density at radius 3 is 2.81 bits per heavy atom. The highest BCUT2D eigenvalue weighted by Crippen LogP contribution is 2.14. The number of rotatable bonds is 8. The summed E-state index contributed by atoms with van der Waals surface area (Å²) < 4.78 is 27.7. The summed E-state index contributed by atoms with van der Waals surface area (Å²) >= 11 is 0. The Hall–Kier alpha value is -0.130. The molecular weight excluding hydrogens is 226 g/mol. The van der Waals surface area contributed by atoms with Gasteiger partial charge in [-0.25, -0.2) is 8.42 Å². The van der Waals surface area contributed by atoms with E-state index in [9.17, 15) is 8.42 Å². The summed E-state index contributed by atoms with van der Waals surface area (Å²) in [5.41, 5.74) is 0. The van der Waals surface area contributed by atoms with Gasteiger partial charge in [-0.3, -0.25) is 0 Å². The SMILES string of the molecule is CCS(=O)(=O)CCCNCCC1CCOC1. The Bertz CT molecular complexity index is 271. The molecule has 0 amide bonds. The highest BCUT2D eigenvalue weighted by Gasteiger charge is 2.14. The Morgan fingerprint density at radius 1 is 1.38 bits per heavy atom. The van der Waals surface area contributed by atoms with E-state index in [4.69, 9.17) is 4.74 Å². The molecule has 5 heteroatoms. The average molecular weight is 249 g/mol. The summed E-state index contributed by atoms with van der Waals surface area (Å²) in [7, 11) is -2.78. The number of hydrogen-bond acceptors (Lipinski definition) is 4. The number of sulfone groups is 1. The predicted octanol–water partition coefficient (Wildman–Crippen LogP) is 0.827. The van der Waals surface area contributed by atoms with Crippen molar-refractivity contribution in [1.82, 2.24) is 5.32 Å². The summed E-state index contributed by atoms with van der Waals surface area (Å²) in [6.07, 6.45) is 3.03. The second-order valence-electron chi connectivity index (χ2n) is 4.36. The molecule has 0 aromatic carbocycles. The maximum atomic E-state index is 11.2. The van der Waals surface area contributed by atoms with Gasteiger partial charge in [0.05, 0.1) is 5.75 Å². The van der Waals surface area contributed by atoms with Crippen molar-refractivity contribution in [2.45, 2.75) is 26.2 Å². The maximum absolute atomic E-state index is 11.2. The molecule has 0 spiro atoms. The van der Waals surface area contributed by atoms with E-state index < -0.39 is 9.84 Å². The molecule has 1 fully saturated rings. The van der Waals surface area contributed by atoms with E-state index in [0.717, 1.165) is 39.1 Å². The summed E-state index contributed by atoms with van der Waals surface area (Å²) in [6, 6.07) is 0. The molecule has 1 unspecified atom stereocenters. The lowest BCUT2D eigenvalue weighted by Crippen LogP contribution is -2.22. The van der Waals surface area contributed by atoms with E-state index in [1.54, 1.807) is 6.92 Å². The van der Waals surface area contributed by atoms with Crippen LogP contribution in [0.3, 0.4) is 0 Å². The molecule has 1 heterocycles. The first-order valence-corrected chi connectivity index (χ1v) is 7.95. The van der Waals surface area contributed by atoms with Gasteiger partial charge in [0.2, 0.25) is 0 Å². The van der Waals surface area contributed by atoms with E-state index >= 15 is 0 Å². The number of nitrogens with one attached hydrogen (secondary N) is 1. The zero-order valence-electron chi connectivity index (χ0n) is 10.1. The van der Waals surface area contributed by atoms with Crippen LogP contribution in [0.1, 0.15) is 26.2 Å². The van der Waals surface area contributed by atoms with E-state index in [-0.39, 0.29) is 5.75 Å². The van der Waals surface area contributed by atoms with Crippen LogP contribution in [0.15, 0.2) is 0 Å². The molecule has 1 aliphatic rings. The van der Waals surface area contributed by atoms with E-state index in [0.29, 0.717) is 11.7 Å². The zero-order valence-corrected chi connectivity index (χ0v) is 10.9. The third-order valence-corrected chi connectivity index (χ3v) is 4.79. The lowest BCUT2D eigenvalue weighted by atomic mass is 10.1. The predicted molar refractivity (Wildman–Crippen MR) is 65.4 cm³/mol. The first-order valence-electron chi connectivity index (χ1n) is 6.13. The molecule has 0 bridgehead atoms. The molecule has 0 radical (unpaired) electrons. The number of ether oxygens (including phenoxy) is 1. The summed E-state index contributed by atoms with van der Waals surface area (Å²) in [6.45, 7) is 5.27. The molecule has 0 aliphatic carbocycles. The smallest absolute Gasteiger partial charge is 0.150 e. The maximum Gasteiger partial charge on any atom is 0.150 e. The third kappa shape index (κ3) is 5.82. The first-order chi connectivity index (χ1) is 7.64. The molecule has 96 valence electrons. The molecule has 4 nitrogen and oxygen atoms in total. The van der Waals surface area contributed by atoms with Gasteiger partial charge in [-0.15, -0.1) is 0 Å². The van der Waals surface area contributed by atoms with Crippen molar-refractivity contribution in [3.63, 3.8) is 0 Å². The van der Waals surface area contributed by atoms with Gasteiger partial charge in [-0.05, 0) is 38.3 Å². The molecule has 0 saturated carbocycles. The second-order valence-corrected chi connectivity index (χ2v) is 6.83. The standard InChI is InChI=1S/C11H23NO3S/c1-2-16(13,14)9-3-6-12-7-4-11-5-8-15-10-11/h11-12H,2-10H2,1H3. The van der Waals surface area contributed by atoms with Gasteiger partial charge in [0.1, 0.15) is 9.84 Å². The molecule has 0 aromatic heterocycles. The van der Waals surface area contributed by atoms with Gasteiger partial charge in [0, 0.05) is 19.0 Å². The summed E-state index contributed by atoms with van der Waals surface area (Å²) in [5, 5.41) is 3.29. The molecule has 1 atom stereocenters. The van der Waals surface area contributed by atoms with Gasteiger partial charge in [0.15, 0.2) is 0 Å². The van der Waals surface area contributed by atoms with Crippen LogP contribution >= 0.6 is 0 Å². The summed E-state index contributed by atoms with van der Waals surface area (Å²) in [4.78, 5) is 0. The van der Waals surface area contributed by atoms with Gasteiger partial charge < -0.3 is 10.1 Å². The van der Waals surface area contributed by atoms with Crippen LogP contribution in [-0.2, 0) is 14.6 Å². The van der Waals surface area contributed by atoms with Crippen LogP contribution in [-0.4, -0.2) is 46.2 Å². The van der Waals surface area contributed by atoms with Gasteiger partial charge in [0.25, 0.3) is 0 Å². The normalized spacial score (nSPS) is 21.4. The van der Waals surface area contributed by atoms with Gasteiger partial charge in [-0.2, -0.15) is 0 Å². The van der Waals surface area contributed by atoms with Crippen LogP contribution < -0.4 is 5.32 Å². The Kier molecular flexibility index (Phi) is 6.31.